The maximum Gasteiger partial charge on any atom is 0.227 e. The lowest BCUT2D eigenvalue weighted by Crippen LogP contribution is -2.27. The maximum atomic E-state index is 12.4. The van der Waals surface area contributed by atoms with E-state index in [1.807, 2.05) is 61.8 Å². The fraction of sp³-hybridized carbons (Fsp3) is 0.167. The number of hydrogen-bond donors (Lipinski definition) is 1. The summed E-state index contributed by atoms with van der Waals surface area (Å²) in [5.41, 5.74) is 3.16. The van der Waals surface area contributed by atoms with Crippen LogP contribution in [-0.2, 0) is 17.8 Å². The molecule has 0 bridgehead atoms. The Morgan fingerprint density at radius 2 is 1.86 bits per heavy atom. The second-order valence-electron chi connectivity index (χ2n) is 5.41. The number of halogens is 1. The Bertz CT molecular complexity index is 792. The smallest absolute Gasteiger partial charge is 0.227 e. The number of benzene rings is 2. The summed E-state index contributed by atoms with van der Waals surface area (Å²) in [5.74, 6) is 0.0969. The molecule has 3 aromatic rings. The van der Waals surface area contributed by atoms with Gasteiger partial charge in [-0.25, -0.2) is 0 Å². The zero-order chi connectivity index (χ0) is 15.5. The van der Waals surface area contributed by atoms with E-state index < -0.39 is 0 Å². The summed E-state index contributed by atoms with van der Waals surface area (Å²) in [7, 11) is 1.83. The zero-order valence-electron chi connectivity index (χ0n) is 12.3. The van der Waals surface area contributed by atoms with Crippen LogP contribution in [0.3, 0.4) is 0 Å². The molecular weight excluding hydrogens is 296 g/mol. The van der Waals surface area contributed by atoms with Gasteiger partial charge in [-0.05, 0) is 29.3 Å². The third-order valence-corrected chi connectivity index (χ3v) is 4.03. The number of H-pyrrole nitrogens is 1. The first kappa shape index (κ1) is 14.7. The molecule has 3 nitrogen and oxygen atoms in total. The van der Waals surface area contributed by atoms with Gasteiger partial charge in [0.1, 0.15) is 0 Å². The van der Waals surface area contributed by atoms with Crippen molar-refractivity contribution in [3.63, 3.8) is 0 Å². The van der Waals surface area contributed by atoms with Gasteiger partial charge in [0.2, 0.25) is 5.91 Å². The van der Waals surface area contributed by atoms with Crippen molar-refractivity contribution >= 4 is 28.4 Å². The topological polar surface area (TPSA) is 36.1 Å². The van der Waals surface area contributed by atoms with Gasteiger partial charge in [0.15, 0.2) is 0 Å². The highest BCUT2D eigenvalue weighted by Crippen LogP contribution is 2.19. The van der Waals surface area contributed by atoms with Gasteiger partial charge >= 0.3 is 0 Å². The SMILES string of the molecule is CN(Cc1ccc(Cl)cc1)C(=O)Cc1c[nH]c2ccccc12. The molecule has 0 atom stereocenters. The van der Waals surface area contributed by atoms with Crippen LogP contribution in [0.25, 0.3) is 10.9 Å². The molecule has 4 heteroatoms. The fourth-order valence-electron chi connectivity index (χ4n) is 2.53. The van der Waals surface area contributed by atoms with Gasteiger partial charge in [-0.15, -0.1) is 0 Å². The molecule has 0 aliphatic rings. The number of para-hydroxylation sites is 1. The first-order valence-electron chi connectivity index (χ1n) is 7.17. The highest BCUT2D eigenvalue weighted by molar-refractivity contribution is 6.30. The zero-order valence-corrected chi connectivity index (χ0v) is 13.1. The number of fused-ring (bicyclic) bond motifs is 1. The van der Waals surface area contributed by atoms with Crippen LogP contribution in [0.1, 0.15) is 11.1 Å². The van der Waals surface area contributed by atoms with E-state index in [4.69, 9.17) is 11.6 Å². The minimum atomic E-state index is 0.0969. The van der Waals surface area contributed by atoms with Crippen molar-refractivity contribution in [1.29, 1.82) is 0 Å². The van der Waals surface area contributed by atoms with Crippen molar-refractivity contribution < 1.29 is 4.79 Å². The first-order chi connectivity index (χ1) is 10.6. The fourth-order valence-corrected chi connectivity index (χ4v) is 2.65. The minimum Gasteiger partial charge on any atom is -0.361 e. The summed E-state index contributed by atoms with van der Waals surface area (Å²) in [4.78, 5) is 17.4. The second kappa shape index (κ2) is 6.24. The molecule has 0 fully saturated rings. The Kier molecular flexibility index (Phi) is 4.16. The maximum absolute atomic E-state index is 12.4. The summed E-state index contributed by atoms with van der Waals surface area (Å²) < 4.78 is 0. The lowest BCUT2D eigenvalue weighted by Gasteiger charge is -2.17. The molecule has 1 N–H and O–H groups in total. The van der Waals surface area contributed by atoms with Crippen molar-refractivity contribution in [1.82, 2.24) is 9.88 Å². The Morgan fingerprint density at radius 3 is 2.64 bits per heavy atom. The second-order valence-corrected chi connectivity index (χ2v) is 5.85. The number of aromatic nitrogens is 1. The molecule has 0 spiro atoms. The molecule has 112 valence electrons. The predicted molar refractivity (Wildman–Crippen MR) is 89.9 cm³/mol. The molecule has 1 heterocycles. The number of rotatable bonds is 4. The van der Waals surface area contributed by atoms with E-state index >= 15 is 0 Å². The molecule has 1 aromatic heterocycles. The van der Waals surface area contributed by atoms with Crippen LogP contribution >= 0.6 is 11.6 Å². The lowest BCUT2D eigenvalue weighted by atomic mass is 10.1. The number of carbonyl (C=O) groups excluding carboxylic acids is 1. The van der Waals surface area contributed by atoms with Crippen molar-refractivity contribution in [3.05, 3.63) is 70.9 Å². The Balaban J connectivity index is 1.69. The lowest BCUT2D eigenvalue weighted by molar-refractivity contribution is -0.129. The van der Waals surface area contributed by atoms with Crippen molar-refractivity contribution in [2.24, 2.45) is 0 Å². The first-order valence-corrected chi connectivity index (χ1v) is 7.54. The molecule has 3 rings (SSSR count). The van der Waals surface area contributed by atoms with Crippen molar-refractivity contribution in [3.8, 4) is 0 Å². The van der Waals surface area contributed by atoms with Gasteiger partial charge in [0.25, 0.3) is 0 Å². The highest BCUT2D eigenvalue weighted by atomic mass is 35.5. The van der Waals surface area contributed by atoms with Gasteiger partial charge < -0.3 is 9.88 Å². The van der Waals surface area contributed by atoms with E-state index in [9.17, 15) is 4.79 Å². The van der Waals surface area contributed by atoms with E-state index in [1.54, 1.807) is 4.90 Å². The quantitative estimate of drug-likeness (QED) is 0.776. The number of likely N-dealkylation sites (N-methyl/N-ethyl adjacent to an activating group) is 1. The monoisotopic (exact) mass is 312 g/mol. The predicted octanol–water partition coefficient (Wildman–Crippen LogP) is 4.02. The third kappa shape index (κ3) is 3.15. The van der Waals surface area contributed by atoms with Crippen LogP contribution in [-0.4, -0.2) is 22.8 Å². The number of nitrogens with zero attached hydrogens (tertiary/aromatic N) is 1. The molecular formula is C18H17ClN2O. The minimum absolute atomic E-state index is 0.0969. The molecule has 0 saturated heterocycles. The summed E-state index contributed by atoms with van der Waals surface area (Å²) in [6.07, 6.45) is 2.31. The number of aromatic amines is 1. The Morgan fingerprint density at radius 1 is 1.14 bits per heavy atom. The molecule has 2 aromatic carbocycles. The van der Waals surface area contributed by atoms with E-state index in [0.717, 1.165) is 22.0 Å². The molecule has 0 radical (unpaired) electrons. The van der Waals surface area contributed by atoms with Gasteiger partial charge in [-0.3, -0.25) is 4.79 Å². The van der Waals surface area contributed by atoms with Crippen LogP contribution in [0.4, 0.5) is 0 Å². The number of amides is 1. The Hall–Kier alpha value is -2.26. The molecule has 1 amide bonds. The van der Waals surface area contributed by atoms with Crippen molar-refractivity contribution in [2.45, 2.75) is 13.0 Å². The van der Waals surface area contributed by atoms with Crippen LogP contribution in [0.2, 0.25) is 5.02 Å². The largest absolute Gasteiger partial charge is 0.361 e. The van der Waals surface area contributed by atoms with Gasteiger partial charge in [0, 0.05) is 35.7 Å². The van der Waals surface area contributed by atoms with E-state index in [1.165, 1.54) is 0 Å². The normalized spacial score (nSPS) is 10.8. The van der Waals surface area contributed by atoms with Gasteiger partial charge in [-0.1, -0.05) is 41.9 Å². The molecule has 0 aliphatic heterocycles. The van der Waals surface area contributed by atoms with E-state index in [2.05, 4.69) is 4.98 Å². The highest BCUT2D eigenvalue weighted by Gasteiger charge is 2.13. The van der Waals surface area contributed by atoms with Gasteiger partial charge in [-0.2, -0.15) is 0 Å². The van der Waals surface area contributed by atoms with Crippen LogP contribution in [0, 0.1) is 0 Å². The average molecular weight is 313 g/mol. The Labute approximate surface area is 134 Å². The summed E-state index contributed by atoms with van der Waals surface area (Å²) >= 11 is 5.88. The molecule has 22 heavy (non-hydrogen) atoms. The third-order valence-electron chi connectivity index (χ3n) is 3.78. The molecule has 0 saturated carbocycles. The van der Waals surface area contributed by atoms with E-state index in [0.29, 0.717) is 18.0 Å². The number of hydrogen-bond acceptors (Lipinski definition) is 1. The number of carbonyl (C=O) groups is 1. The standard InChI is InChI=1S/C18H17ClN2O/c1-21(12-13-6-8-15(19)9-7-13)18(22)10-14-11-20-17-5-3-2-4-16(14)17/h2-9,11,20H,10,12H2,1H3. The summed E-state index contributed by atoms with van der Waals surface area (Å²) in [6, 6.07) is 15.6. The summed E-state index contributed by atoms with van der Waals surface area (Å²) in [6.45, 7) is 0.582. The van der Waals surface area contributed by atoms with Crippen molar-refractivity contribution in [2.75, 3.05) is 7.05 Å². The summed E-state index contributed by atoms with van der Waals surface area (Å²) in [5, 5.41) is 1.81. The average Bonchev–Trinajstić information content (AvgIpc) is 2.93. The molecule has 0 unspecified atom stereocenters. The van der Waals surface area contributed by atoms with Crippen LogP contribution < -0.4 is 0 Å². The molecule has 0 aliphatic carbocycles. The van der Waals surface area contributed by atoms with Crippen LogP contribution in [0.15, 0.2) is 54.7 Å². The van der Waals surface area contributed by atoms with Crippen LogP contribution in [0.5, 0.6) is 0 Å². The van der Waals surface area contributed by atoms with Gasteiger partial charge in [0.05, 0.1) is 6.42 Å². The van der Waals surface area contributed by atoms with E-state index in [-0.39, 0.29) is 5.91 Å². The number of nitrogens with one attached hydrogen (secondary N) is 1.